The highest BCUT2D eigenvalue weighted by Gasteiger charge is 2.25. The van der Waals surface area contributed by atoms with Gasteiger partial charge in [0.25, 0.3) is 0 Å². The highest BCUT2D eigenvalue weighted by Crippen LogP contribution is 2.16. The molecule has 6 nitrogen and oxygen atoms in total. The lowest BCUT2D eigenvalue weighted by atomic mass is 10.2. The number of nitrogens with zero attached hydrogens (tertiary/aromatic N) is 2. The minimum Gasteiger partial charge on any atom is -0.497 e. The smallest absolute Gasteiger partial charge is 0.238 e. The molecule has 1 aliphatic rings. The Morgan fingerprint density at radius 2 is 1.96 bits per heavy atom. The average molecular weight is 367 g/mol. The Bertz CT molecular complexity index is 822. The number of benzene rings is 2. The van der Waals surface area contributed by atoms with Gasteiger partial charge in [-0.3, -0.25) is 14.5 Å². The van der Waals surface area contributed by atoms with E-state index in [0.29, 0.717) is 19.6 Å². The molecule has 2 amide bonds. The molecule has 0 radical (unpaired) electrons. The van der Waals surface area contributed by atoms with Gasteiger partial charge in [0.2, 0.25) is 11.8 Å². The summed E-state index contributed by atoms with van der Waals surface area (Å²) in [6.07, 6.45) is 0. The van der Waals surface area contributed by atoms with Gasteiger partial charge >= 0.3 is 0 Å². The lowest BCUT2D eigenvalue weighted by molar-refractivity contribution is -0.137. The molecule has 27 heavy (non-hydrogen) atoms. The molecule has 142 valence electrons. The lowest BCUT2D eigenvalue weighted by Crippen LogP contribution is -2.51. The van der Waals surface area contributed by atoms with Crippen molar-refractivity contribution >= 4 is 17.5 Å². The number of methoxy groups -OCH3 is 1. The molecule has 1 aliphatic heterocycles. The van der Waals surface area contributed by atoms with Crippen LogP contribution in [-0.2, 0) is 16.1 Å². The van der Waals surface area contributed by atoms with Crippen molar-refractivity contribution in [3.63, 3.8) is 0 Å². The van der Waals surface area contributed by atoms with Crippen LogP contribution in [0.25, 0.3) is 0 Å². The first kappa shape index (κ1) is 18.9. The maximum atomic E-state index is 12.5. The predicted molar refractivity (Wildman–Crippen MR) is 105 cm³/mol. The molecule has 6 heteroatoms. The van der Waals surface area contributed by atoms with Gasteiger partial charge in [-0.2, -0.15) is 0 Å². The molecule has 0 bridgehead atoms. The van der Waals surface area contributed by atoms with E-state index in [1.807, 2.05) is 65.3 Å². The van der Waals surface area contributed by atoms with E-state index in [1.165, 1.54) is 0 Å². The summed E-state index contributed by atoms with van der Waals surface area (Å²) in [6, 6.07) is 15.4. The standard InChI is InChI=1S/C21H25N3O3/c1-16-5-3-7-18(11-16)22-20(25)14-23-9-10-24(21(26)15-23)13-17-6-4-8-19(12-17)27-2/h3-8,11-12H,9-10,13-15H2,1-2H3,(H,22,25). The largest absolute Gasteiger partial charge is 0.497 e. The Labute approximate surface area is 159 Å². The van der Waals surface area contributed by atoms with Crippen molar-refractivity contribution in [3.05, 3.63) is 59.7 Å². The van der Waals surface area contributed by atoms with Gasteiger partial charge < -0.3 is 15.0 Å². The van der Waals surface area contributed by atoms with E-state index < -0.39 is 0 Å². The summed E-state index contributed by atoms with van der Waals surface area (Å²) in [4.78, 5) is 28.4. The van der Waals surface area contributed by atoms with E-state index in [2.05, 4.69) is 5.32 Å². The molecule has 0 spiro atoms. The second kappa shape index (κ2) is 8.68. The molecule has 2 aromatic carbocycles. The van der Waals surface area contributed by atoms with Crippen LogP contribution in [0.5, 0.6) is 5.75 Å². The number of piperazine rings is 1. The second-order valence-electron chi connectivity index (χ2n) is 6.80. The minimum atomic E-state index is -0.102. The van der Waals surface area contributed by atoms with Crippen molar-refractivity contribution in [2.75, 3.05) is 38.6 Å². The Morgan fingerprint density at radius 3 is 2.70 bits per heavy atom. The number of hydrogen-bond acceptors (Lipinski definition) is 4. The number of ether oxygens (including phenoxy) is 1. The summed E-state index contributed by atoms with van der Waals surface area (Å²) in [5, 5.41) is 2.89. The Kier molecular flexibility index (Phi) is 6.08. The monoisotopic (exact) mass is 367 g/mol. The van der Waals surface area contributed by atoms with Crippen LogP contribution in [0.2, 0.25) is 0 Å². The van der Waals surface area contributed by atoms with Crippen LogP contribution in [-0.4, -0.2) is 54.9 Å². The summed E-state index contributed by atoms with van der Waals surface area (Å²) in [7, 11) is 1.63. The summed E-state index contributed by atoms with van der Waals surface area (Å²) in [5.74, 6) is 0.716. The van der Waals surface area contributed by atoms with Crippen molar-refractivity contribution < 1.29 is 14.3 Å². The van der Waals surface area contributed by atoms with Crippen molar-refractivity contribution in [2.45, 2.75) is 13.5 Å². The predicted octanol–water partition coefficient (Wildman–Crippen LogP) is 2.29. The summed E-state index contributed by atoms with van der Waals surface area (Å²) >= 11 is 0. The van der Waals surface area contributed by atoms with E-state index in [1.54, 1.807) is 7.11 Å². The van der Waals surface area contributed by atoms with Crippen LogP contribution in [0.3, 0.4) is 0 Å². The van der Waals surface area contributed by atoms with Crippen molar-refractivity contribution in [1.82, 2.24) is 9.80 Å². The van der Waals surface area contributed by atoms with Gasteiger partial charge in [0.1, 0.15) is 5.75 Å². The van der Waals surface area contributed by atoms with Crippen LogP contribution in [0.4, 0.5) is 5.69 Å². The summed E-state index contributed by atoms with van der Waals surface area (Å²) in [6.45, 7) is 4.29. The van der Waals surface area contributed by atoms with Crippen LogP contribution < -0.4 is 10.1 Å². The first-order chi connectivity index (χ1) is 13.0. The zero-order chi connectivity index (χ0) is 19.2. The maximum absolute atomic E-state index is 12.5. The molecular weight excluding hydrogens is 342 g/mol. The van der Waals surface area contributed by atoms with Gasteiger partial charge in [-0.05, 0) is 42.3 Å². The summed E-state index contributed by atoms with van der Waals surface area (Å²) < 4.78 is 5.23. The molecule has 3 rings (SSSR count). The molecule has 1 heterocycles. The molecule has 0 unspecified atom stereocenters. The topological polar surface area (TPSA) is 61.9 Å². The van der Waals surface area contributed by atoms with Gasteiger partial charge in [0.15, 0.2) is 0 Å². The number of carbonyl (C=O) groups is 2. The molecule has 1 fully saturated rings. The molecule has 0 saturated carbocycles. The number of rotatable bonds is 6. The Hall–Kier alpha value is -2.86. The molecule has 0 aliphatic carbocycles. The van der Waals surface area contributed by atoms with E-state index in [-0.39, 0.29) is 24.9 Å². The number of amides is 2. The van der Waals surface area contributed by atoms with Gasteiger partial charge in [-0.1, -0.05) is 24.3 Å². The number of aryl methyl sites for hydroxylation is 1. The highest BCUT2D eigenvalue weighted by molar-refractivity contribution is 5.92. The van der Waals surface area contributed by atoms with Gasteiger partial charge in [-0.25, -0.2) is 0 Å². The quantitative estimate of drug-likeness (QED) is 0.851. The van der Waals surface area contributed by atoms with Crippen molar-refractivity contribution in [2.24, 2.45) is 0 Å². The molecule has 2 aromatic rings. The third kappa shape index (κ3) is 5.31. The minimum absolute atomic E-state index is 0.0347. The van der Waals surface area contributed by atoms with Crippen LogP contribution in [0.1, 0.15) is 11.1 Å². The van der Waals surface area contributed by atoms with Gasteiger partial charge in [0, 0.05) is 25.3 Å². The number of anilines is 1. The third-order valence-corrected chi connectivity index (χ3v) is 4.57. The van der Waals surface area contributed by atoms with E-state index >= 15 is 0 Å². The van der Waals surface area contributed by atoms with Crippen molar-refractivity contribution in [3.8, 4) is 5.75 Å². The molecule has 1 N–H and O–H groups in total. The fourth-order valence-electron chi connectivity index (χ4n) is 3.18. The van der Waals surface area contributed by atoms with Crippen LogP contribution in [0, 0.1) is 6.92 Å². The normalized spacial score (nSPS) is 14.9. The average Bonchev–Trinajstić information content (AvgIpc) is 2.64. The first-order valence-corrected chi connectivity index (χ1v) is 9.03. The number of nitrogens with one attached hydrogen (secondary N) is 1. The maximum Gasteiger partial charge on any atom is 0.238 e. The van der Waals surface area contributed by atoms with Crippen LogP contribution in [0.15, 0.2) is 48.5 Å². The van der Waals surface area contributed by atoms with E-state index in [9.17, 15) is 9.59 Å². The Balaban J connectivity index is 1.50. The van der Waals surface area contributed by atoms with Crippen LogP contribution >= 0.6 is 0 Å². The zero-order valence-electron chi connectivity index (χ0n) is 15.8. The summed E-state index contributed by atoms with van der Waals surface area (Å²) in [5.41, 5.74) is 2.91. The molecule has 0 aromatic heterocycles. The second-order valence-corrected chi connectivity index (χ2v) is 6.80. The van der Waals surface area contributed by atoms with Gasteiger partial charge in [0.05, 0.1) is 20.2 Å². The SMILES string of the molecule is COc1cccc(CN2CCN(CC(=O)Nc3cccc(C)c3)CC2=O)c1. The van der Waals surface area contributed by atoms with Gasteiger partial charge in [-0.15, -0.1) is 0 Å². The zero-order valence-corrected chi connectivity index (χ0v) is 15.8. The van der Waals surface area contributed by atoms with E-state index in [0.717, 1.165) is 22.6 Å². The number of carbonyl (C=O) groups excluding carboxylic acids is 2. The highest BCUT2D eigenvalue weighted by atomic mass is 16.5. The fourth-order valence-corrected chi connectivity index (χ4v) is 3.18. The lowest BCUT2D eigenvalue weighted by Gasteiger charge is -2.34. The first-order valence-electron chi connectivity index (χ1n) is 9.03. The Morgan fingerprint density at radius 1 is 1.15 bits per heavy atom. The molecule has 0 atom stereocenters. The molecular formula is C21H25N3O3. The van der Waals surface area contributed by atoms with E-state index in [4.69, 9.17) is 4.74 Å². The fraction of sp³-hybridized carbons (Fsp3) is 0.333. The third-order valence-electron chi connectivity index (χ3n) is 4.57. The number of hydrogen-bond donors (Lipinski definition) is 1. The van der Waals surface area contributed by atoms with Crippen molar-refractivity contribution in [1.29, 1.82) is 0 Å². The molecule has 1 saturated heterocycles.